The molecule has 2 bridgehead atoms. The molecule has 0 spiro atoms. The molecule has 1 aliphatic carbocycles. The van der Waals surface area contributed by atoms with E-state index >= 15 is 0 Å². The number of fused-ring (bicyclic) bond motifs is 2. The highest BCUT2D eigenvalue weighted by molar-refractivity contribution is 8.03. The van der Waals surface area contributed by atoms with E-state index in [0.717, 1.165) is 11.8 Å². The molecule has 42 heavy (non-hydrogen) atoms. The number of hydrogen-bond donors (Lipinski definition) is 3. The summed E-state index contributed by atoms with van der Waals surface area (Å²) in [7, 11) is 4.24. The minimum atomic E-state index is -1.00. The Labute approximate surface area is 251 Å². The summed E-state index contributed by atoms with van der Waals surface area (Å²) in [5, 5.41) is 13.8. The van der Waals surface area contributed by atoms with E-state index in [9.17, 15) is 24.3 Å². The van der Waals surface area contributed by atoms with E-state index < -0.39 is 53.9 Å². The number of carbonyl (C=O) groups excluding carboxylic acids is 4. The third-order valence-corrected chi connectivity index (χ3v) is 8.06. The van der Waals surface area contributed by atoms with Crippen LogP contribution in [-0.2, 0) is 33.3 Å². The van der Waals surface area contributed by atoms with E-state index in [1.165, 1.54) is 27.4 Å². The second-order valence-corrected chi connectivity index (χ2v) is 11.2. The number of amides is 2. The zero-order chi connectivity index (χ0) is 31.7. The highest BCUT2D eigenvalue weighted by Crippen LogP contribution is 2.34. The summed E-state index contributed by atoms with van der Waals surface area (Å²) in [5.74, 6) is -2.33. The Hall–Kier alpha value is -3.19. The van der Waals surface area contributed by atoms with Crippen LogP contribution in [0.2, 0.25) is 0 Å². The van der Waals surface area contributed by atoms with Gasteiger partial charge in [0.1, 0.15) is 11.8 Å². The molecule has 12 heteroatoms. The second-order valence-electron chi connectivity index (χ2n) is 10.4. The molecule has 2 aliphatic rings. The first kappa shape index (κ1) is 35.0. The molecule has 2 amide bonds. The molecule has 232 valence electrons. The molecule has 6 unspecified atom stereocenters. The highest BCUT2D eigenvalue weighted by atomic mass is 32.2. The van der Waals surface area contributed by atoms with Gasteiger partial charge in [-0.1, -0.05) is 38.2 Å². The maximum absolute atomic E-state index is 13.7. The number of nitrogens with two attached hydrogens (primary N) is 1. The molecular formula is C30H42N2O9S. The van der Waals surface area contributed by atoms with Gasteiger partial charge in [0.15, 0.2) is 11.9 Å². The lowest BCUT2D eigenvalue weighted by atomic mass is 9.85. The zero-order valence-electron chi connectivity index (χ0n) is 25.4. The van der Waals surface area contributed by atoms with Crippen molar-refractivity contribution in [2.24, 2.45) is 17.6 Å². The maximum Gasteiger partial charge on any atom is 0.405 e. The van der Waals surface area contributed by atoms with Gasteiger partial charge in [0.05, 0.1) is 24.2 Å². The molecule has 0 aromatic rings. The summed E-state index contributed by atoms with van der Waals surface area (Å²) in [6, 6.07) is 0. The Morgan fingerprint density at radius 1 is 1.10 bits per heavy atom. The smallest absolute Gasteiger partial charge is 0.405 e. The van der Waals surface area contributed by atoms with Crippen LogP contribution >= 0.6 is 11.8 Å². The maximum atomic E-state index is 13.7. The minimum Gasteiger partial charge on any atom is -0.492 e. The molecule has 0 saturated carbocycles. The van der Waals surface area contributed by atoms with E-state index in [4.69, 9.17) is 24.7 Å². The standard InChI is InChI=1S/C30H42N2O9S/c1-15-12-19-24(34)22(28(42-8)25(35)27(19)40-7)32-29(36)16(2)10-9-11-20(38-5)26(41-30(31)37)18(4)14-17(3)23(33)21(13-15)39-6/h9-11,14-15,17,20-21,23,26,33H,12-13H2,1-8H3,(H2,31,37)(H,32,36). The van der Waals surface area contributed by atoms with Crippen molar-refractivity contribution >= 4 is 35.3 Å². The summed E-state index contributed by atoms with van der Waals surface area (Å²) >= 11 is 1.04. The lowest BCUT2D eigenvalue weighted by Gasteiger charge is -2.30. The number of methoxy groups -OCH3 is 3. The summed E-state index contributed by atoms with van der Waals surface area (Å²) < 4.78 is 21.9. The number of aliphatic hydroxyl groups excluding tert-OH is 1. The van der Waals surface area contributed by atoms with E-state index in [1.807, 2.05) is 6.92 Å². The predicted molar refractivity (Wildman–Crippen MR) is 159 cm³/mol. The molecular weight excluding hydrogens is 564 g/mol. The van der Waals surface area contributed by atoms with Gasteiger partial charge in [0.2, 0.25) is 11.6 Å². The van der Waals surface area contributed by atoms with Crippen LogP contribution in [0.3, 0.4) is 0 Å². The van der Waals surface area contributed by atoms with Crippen LogP contribution in [-0.4, -0.2) is 80.7 Å². The van der Waals surface area contributed by atoms with Crippen LogP contribution < -0.4 is 11.1 Å². The highest BCUT2D eigenvalue weighted by Gasteiger charge is 2.38. The van der Waals surface area contributed by atoms with Crippen LogP contribution in [0.15, 0.2) is 57.4 Å². The van der Waals surface area contributed by atoms with Crippen LogP contribution in [0.4, 0.5) is 4.79 Å². The monoisotopic (exact) mass is 606 g/mol. The average molecular weight is 607 g/mol. The van der Waals surface area contributed by atoms with Crippen molar-refractivity contribution < 1.29 is 43.2 Å². The SMILES string of the molecule is COC1=C2CC(C)CC(OC)C(O)C(C)C=C(C)C(OC(N)=O)C(OC)C=CC=C(C)C(=O)NC(=C(SC)C1=O)C2=O. The first-order valence-electron chi connectivity index (χ1n) is 13.5. The van der Waals surface area contributed by atoms with Crippen molar-refractivity contribution in [2.75, 3.05) is 27.6 Å². The third-order valence-electron chi connectivity index (χ3n) is 7.26. The lowest BCUT2D eigenvalue weighted by molar-refractivity contribution is -0.121. The van der Waals surface area contributed by atoms with Crippen molar-refractivity contribution in [2.45, 2.75) is 65.0 Å². The number of ketones is 2. The summed E-state index contributed by atoms with van der Waals surface area (Å²) in [6.07, 6.45) is 4.20. The van der Waals surface area contributed by atoms with Crippen molar-refractivity contribution in [3.63, 3.8) is 0 Å². The topological polar surface area (TPSA) is 163 Å². The van der Waals surface area contributed by atoms with Crippen molar-refractivity contribution in [1.29, 1.82) is 0 Å². The van der Waals surface area contributed by atoms with Crippen LogP contribution in [0.1, 0.15) is 40.5 Å². The molecule has 0 fully saturated rings. The molecule has 11 nitrogen and oxygen atoms in total. The minimum absolute atomic E-state index is 0.0668. The van der Waals surface area contributed by atoms with Gasteiger partial charge in [-0.3, -0.25) is 14.4 Å². The van der Waals surface area contributed by atoms with Gasteiger partial charge in [0.25, 0.3) is 5.91 Å². The van der Waals surface area contributed by atoms with E-state index in [-0.39, 0.29) is 39.8 Å². The molecule has 0 radical (unpaired) electrons. The fourth-order valence-electron chi connectivity index (χ4n) is 5.02. The molecule has 2 rings (SSSR count). The van der Waals surface area contributed by atoms with Crippen molar-refractivity contribution in [3.8, 4) is 0 Å². The molecule has 0 aromatic carbocycles. The van der Waals surface area contributed by atoms with Crippen molar-refractivity contribution in [3.05, 3.63) is 57.4 Å². The number of primary amides is 1. The van der Waals surface area contributed by atoms with Crippen LogP contribution in [0.25, 0.3) is 0 Å². The number of allylic oxidation sites excluding steroid dienone is 4. The van der Waals surface area contributed by atoms with E-state index in [0.29, 0.717) is 12.0 Å². The molecule has 0 aromatic heterocycles. The first-order valence-corrected chi connectivity index (χ1v) is 14.7. The van der Waals surface area contributed by atoms with Gasteiger partial charge < -0.3 is 35.1 Å². The summed E-state index contributed by atoms with van der Waals surface area (Å²) in [6.45, 7) is 6.95. The van der Waals surface area contributed by atoms with Gasteiger partial charge in [-0.2, -0.15) is 0 Å². The van der Waals surface area contributed by atoms with Crippen LogP contribution in [0, 0.1) is 11.8 Å². The summed E-state index contributed by atoms with van der Waals surface area (Å²) in [4.78, 5) is 51.9. The van der Waals surface area contributed by atoms with Crippen molar-refractivity contribution in [1.82, 2.24) is 5.32 Å². The molecule has 6 atom stereocenters. The Morgan fingerprint density at radius 2 is 1.76 bits per heavy atom. The number of nitrogens with one attached hydrogen (secondary N) is 1. The number of carbonyl (C=O) groups is 4. The molecule has 0 saturated heterocycles. The number of ether oxygens (including phenoxy) is 4. The first-order chi connectivity index (χ1) is 19.8. The fraction of sp³-hybridized carbons (Fsp3) is 0.533. The zero-order valence-corrected chi connectivity index (χ0v) is 26.2. The second kappa shape index (κ2) is 15.9. The van der Waals surface area contributed by atoms with Crippen LogP contribution in [0.5, 0.6) is 0 Å². The predicted octanol–water partition coefficient (Wildman–Crippen LogP) is 3.10. The van der Waals surface area contributed by atoms with Gasteiger partial charge in [0, 0.05) is 31.3 Å². The number of thioether (sulfide) groups is 1. The normalized spacial score (nSPS) is 28.7. The lowest BCUT2D eigenvalue weighted by Crippen LogP contribution is -2.37. The summed E-state index contributed by atoms with van der Waals surface area (Å²) in [5.41, 5.74) is 6.20. The number of Topliss-reactive ketones (excluding diaryl/α,β-unsaturated/α-hetero) is 2. The molecule has 1 aliphatic heterocycles. The number of rotatable bonds is 5. The fourth-order valence-corrected chi connectivity index (χ4v) is 5.64. The largest absolute Gasteiger partial charge is 0.492 e. The van der Waals surface area contributed by atoms with Gasteiger partial charge in [-0.25, -0.2) is 4.79 Å². The quantitative estimate of drug-likeness (QED) is 0.313. The van der Waals surface area contributed by atoms with E-state index in [2.05, 4.69) is 5.32 Å². The van der Waals surface area contributed by atoms with Gasteiger partial charge in [-0.05, 0) is 44.4 Å². The van der Waals surface area contributed by atoms with E-state index in [1.54, 1.807) is 45.3 Å². The Morgan fingerprint density at radius 3 is 2.31 bits per heavy atom. The third kappa shape index (κ3) is 8.43. The van der Waals surface area contributed by atoms with Gasteiger partial charge >= 0.3 is 6.09 Å². The van der Waals surface area contributed by atoms with Gasteiger partial charge in [-0.15, -0.1) is 11.8 Å². The molecule has 1 heterocycles. The Balaban J connectivity index is 2.68. The number of hydrogen-bond acceptors (Lipinski definition) is 10. The Bertz CT molecular complexity index is 1220. The average Bonchev–Trinajstić information content (AvgIpc) is 2.94. The number of aliphatic hydroxyl groups is 1. The Kier molecular flexibility index (Phi) is 13.2. The molecule has 4 N–H and O–H groups in total.